The summed E-state index contributed by atoms with van der Waals surface area (Å²) in [5.41, 5.74) is 5.68. The maximum atomic E-state index is 13.4. The van der Waals surface area contributed by atoms with E-state index in [0.29, 0.717) is 25.5 Å². The predicted octanol–water partition coefficient (Wildman–Crippen LogP) is 1.24. The molecule has 2 heterocycles. The number of rotatable bonds is 5. The van der Waals surface area contributed by atoms with Crippen molar-refractivity contribution in [3.05, 3.63) is 36.0 Å². The molecule has 25 heavy (non-hydrogen) atoms. The smallest absolute Gasteiger partial charge is 0.222 e. The van der Waals surface area contributed by atoms with E-state index >= 15 is 0 Å². The topological polar surface area (TPSA) is 87.7 Å². The molecular formula is C16H19F2N5O2. The summed E-state index contributed by atoms with van der Waals surface area (Å²) >= 11 is 0. The van der Waals surface area contributed by atoms with Gasteiger partial charge in [-0.2, -0.15) is 4.98 Å². The molecule has 2 aromatic rings. The normalized spacial score (nSPS) is 15.4. The van der Waals surface area contributed by atoms with Crippen molar-refractivity contribution >= 4 is 11.8 Å². The predicted molar refractivity (Wildman–Crippen MR) is 88.6 cm³/mol. The van der Waals surface area contributed by atoms with Crippen LogP contribution in [0.25, 0.3) is 0 Å². The molecule has 0 bridgehead atoms. The molecule has 0 unspecified atom stereocenters. The molecule has 0 amide bonds. The maximum Gasteiger partial charge on any atom is 0.222 e. The lowest BCUT2D eigenvalue weighted by Crippen LogP contribution is -2.47. The van der Waals surface area contributed by atoms with E-state index in [1.807, 2.05) is 4.90 Å². The lowest BCUT2D eigenvalue weighted by Gasteiger charge is -2.35. The van der Waals surface area contributed by atoms with Gasteiger partial charge in [0, 0.05) is 50.9 Å². The fourth-order valence-corrected chi connectivity index (χ4v) is 2.71. The quantitative estimate of drug-likeness (QED) is 0.838. The largest absolute Gasteiger partial charge is 0.452 e. The first-order chi connectivity index (χ1) is 12.0. The van der Waals surface area contributed by atoms with Crippen molar-refractivity contribution in [1.29, 1.82) is 0 Å². The highest BCUT2D eigenvalue weighted by molar-refractivity contribution is 5.55. The van der Waals surface area contributed by atoms with Crippen LogP contribution in [0.3, 0.4) is 0 Å². The van der Waals surface area contributed by atoms with E-state index < -0.39 is 11.6 Å². The molecule has 1 fully saturated rings. The monoisotopic (exact) mass is 351 g/mol. The number of nitrogens with two attached hydrogens (primary N) is 1. The van der Waals surface area contributed by atoms with Gasteiger partial charge in [0.25, 0.3) is 0 Å². The highest BCUT2D eigenvalue weighted by Gasteiger charge is 2.22. The molecule has 1 aromatic heterocycles. The average molecular weight is 351 g/mol. The van der Waals surface area contributed by atoms with E-state index in [9.17, 15) is 8.78 Å². The number of benzene rings is 1. The maximum absolute atomic E-state index is 13.4. The molecule has 0 atom stereocenters. The molecule has 134 valence electrons. The van der Waals surface area contributed by atoms with Crippen molar-refractivity contribution < 1.29 is 18.6 Å². The molecule has 3 N–H and O–H groups in total. The molecule has 0 aliphatic carbocycles. The van der Waals surface area contributed by atoms with Gasteiger partial charge in [0.2, 0.25) is 5.95 Å². The van der Waals surface area contributed by atoms with Gasteiger partial charge in [-0.15, -0.1) is 0 Å². The second-order valence-electron chi connectivity index (χ2n) is 5.68. The van der Waals surface area contributed by atoms with Crippen LogP contribution >= 0.6 is 0 Å². The van der Waals surface area contributed by atoms with Crippen LogP contribution in [0.15, 0.2) is 24.4 Å². The summed E-state index contributed by atoms with van der Waals surface area (Å²) in [6, 6.07) is 2.94. The summed E-state index contributed by atoms with van der Waals surface area (Å²) in [6.07, 6.45) is 1.39. The Hall–Kier alpha value is -2.52. The van der Waals surface area contributed by atoms with Gasteiger partial charge in [-0.05, 0) is 0 Å². The summed E-state index contributed by atoms with van der Waals surface area (Å²) in [6.45, 7) is 3.54. The number of piperazine rings is 1. The van der Waals surface area contributed by atoms with Crippen molar-refractivity contribution in [3.8, 4) is 11.5 Å². The zero-order valence-corrected chi connectivity index (χ0v) is 13.5. The summed E-state index contributed by atoms with van der Waals surface area (Å²) in [5, 5.41) is 9.02. The SMILES string of the molecule is Nc1ncc(Oc2cc(F)cc(F)c2)c(N2CCN(CCO)CC2)n1. The van der Waals surface area contributed by atoms with Crippen LogP contribution in [0.4, 0.5) is 20.5 Å². The van der Waals surface area contributed by atoms with Crippen molar-refractivity contribution in [1.82, 2.24) is 14.9 Å². The van der Waals surface area contributed by atoms with Crippen LogP contribution in [0.5, 0.6) is 11.5 Å². The Labute approximate surface area is 143 Å². The van der Waals surface area contributed by atoms with Gasteiger partial charge < -0.3 is 20.5 Å². The number of anilines is 2. The molecule has 1 aliphatic heterocycles. The second-order valence-corrected chi connectivity index (χ2v) is 5.68. The number of β-amino-alcohol motifs (C(OH)–C–C–N with tert-alkyl or cyclic N) is 1. The highest BCUT2D eigenvalue weighted by atomic mass is 19.1. The third-order valence-corrected chi connectivity index (χ3v) is 3.91. The van der Waals surface area contributed by atoms with Crippen LogP contribution < -0.4 is 15.4 Å². The van der Waals surface area contributed by atoms with Crippen molar-refractivity contribution in [2.45, 2.75) is 0 Å². The Morgan fingerprint density at radius 3 is 2.44 bits per heavy atom. The highest BCUT2D eigenvalue weighted by Crippen LogP contribution is 2.31. The second kappa shape index (κ2) is 7.58. The van der Waals surface area contributed by atoms with Gasteiger partial charge in [0.15, 0.2) is 11.6 Å². The zero-order valence-electron chi connectivity index (χ0n) is 13.5. The lowest BCUT2D eigenvalue weighted by atomic mass is 10.3. The summed E-state index contributed by atoms with van der Waals surface area (Å²) in [7, 11) is 0. The van der Waals surface area contributed by atoms with E-state index in [-0.39, 0.29) is 24.1 Å². The number of aromatic nitrogens is 2. The van der Waals surface area contributed by atoms with Crippen LogP contribution in [0.1, 0.15) is 0 Å². The first-order valence-corrected chi connectivity index (χ1v) is 7.90. The van der Waals surface area contributed by atoms with E-state index in [1.165, 1.54) is 6.20 Å². The van der Waals surface area contributed by atoms with Crippen LogP contribution in [-0.2, 0) is 0 Å². The molecule has 0 spiro atoms. The van der Waals surface area contributed by atoms with Gasteiger partial charge in [-0.25, -0.2) is 13.8 Å². The van der Waals surface area contributed by atoms with Crippen molar-refractivity contribution in [2.75, 3.05) is 50.0 Å². The minimum Gasteiger partial charge on any atom is -0.452 e. The molecule has 3 rings (SSSR count). The Morgan fingerprint density at radius 1 is 1.12 bits per heavy atom. The molecule has 0 radical (unpaired) electrons. The Balaban J connectivity index is 1.81. The first-order valence-electron chi connectivity index (χ1n) is 7.90. The minimum absolute atomic E-state index is 0.0195. The molecule has 1 saturated heterocycles. The summed E-state index contributed by atoms with van der Waals surface area (Å²) in [5.74, 6) is -0.608. The van der Waals surface area contributed by atoms with Crippen molar-refractivity contribution in [2.24, 2.45) is 0 Å². The summed E-state index contributed by atoms with van der Waals surface area (Å²) in [4.78, 5) is 12.2. The third kappa shape index (κ3) is 4.31. The standard InChI is InChI=1S/C16H19F2N5O2/c17-11-7-12(18)9-13(8-11)25-14-10-20-16(19)21-15(14)23-3-1-22(2-4-23)5-6-24/h7-10,24H,1-6H2,(H2,19,20,21). The van der Waals surface area contributed by atoms with Gasteiger partial charge in [0.1, 0.15) is 17.4 Å². The number of nitrogens with zero attached hydrogens (tertiary/aromatic N) is 4. The van der Waals surface area contributed by atoms with E-state index in [1.54, 1.807) is 0 Å². The van der Waals surface area contributed by atoms with Gasteiger partial charge in [0.05, 0.1) is 12.8 Å². The number of ether oxygens (including phenoxy) is 1. The Kier molecular flexibility index (Phi) is 5.25. The van der Waals surface area contributed by atoms with Crippen LogP contribution in [-0.4, -0.2) is 59.3 Å². The van der Waals surface area contributed by atoms with Gasteiger partial charge in [-0.1, -0.05) is 0 Å². The summed E-state index contributed by atoms with van der Waals surface area (Å²) < 4.78 is 32.3. The molecule has 1 aromatic carbocycles. The van der Waals surface area contributed by atoms with Crippen LogP contribution in [0.2, 0.25) is 0 Å². The fraction of sp³-hybridized carbons (Fsp3) is 0.375. The molecular weight excluding hydrogens is 332 g/mol. The number of aliphatic hydroxyl groups is 1. The van der Waals surface area contributed by atoms with Gasteiger partial charge >= 0.3 is 0 Å². The Morgan fingerprint density at radius 2 is 1.80 bits per heavy atom. The number of aliphatic hydroxyl groups excluding tert-OH is 1. The van der Waals surface area contributed by atoms with Crippen molar-refractivity contribution in [3.63, 3.8) is 0 Å². The first kappa shape index (κ1) is 17.3. The number of nitrogen functional groups attached to an aromatic ring is 1. The number of hydrogen-bond acceptors (Lipinski definition) is 7. The number of hydrogen-bond donors (Lipinski definition) is 2. The molecule has 7 nitrogen and oxygen atoms in total. The van der Waals surface area contributed by atoms with E-state index in [0.717, 1.165) is 31.3 Å². The molecule has 1 aliphatic rings. The fourth-order valence-electron chi connectivity index (χ4n) is 2.71. The molecule has 9 heteroatoms. The lowest BCUT2D eigenvalue weighted by molar-refractivity contribution is 0.188. The van der Waals surface area contributed by atoms with Crippen LogP contribution in [0, 0.1) is 11.6 Å². The third-order valence-electron chi connectivity index (χ3n) is 3.91. The molecule has 0 saturated carbocycles. The Bertz CT molecular complexity index is 718. The zero-order chi connectivity index (χ0) is 17.8. The van der Waals surface area contributed by atoms with E-state index in [2.05, 4.69) is 14.9 Å². The average Bonchev–Trinajstić information content (AvgIpc) is 2.57. The number of halogens is 2. The van der Waals surface area contributed by atoms with Gasteiger partial charge in [-0.3, -0.25) is 4.90 Å². The minimum atomic E-state index is -0.731. The van der Waals surface area contributed by atoms with E-state index in [4.69, 9.17) is 15.6 Å².